The molecule has 8 heteroatoms. The van der Waals surface area contributed by atoms with E-state index in [-0.39, 0.29) is 40.9 Å². The highest BCUT2D eigenvalue weighted by atomic mass is 19.1. The first-order valence-corrected chi connectivity index (χ1v) is 9.64. The summed E-state index contributed by atoms with van der Waals surface area (Å²) in [4.78, 5) is 38.5. The first-order chi connectivity index (χ1) is 14.8. The second-order valence-electron chi connectivity index (χ2n) is 7.04. The van der Waals surface area contributed by atoms with E-state index in [1.165, 1.54) is 34.4 Å². The van der Waals surface area contributed by atoms with E-state index < -0.39 is 23.1 Å². The van der Waals surface area contributed by atoms with Gasteiger partial charge >= 0.3 is 5.97 Å². The van der Waals surface area contributed by atoms with Crippen molar-refractivity contribution in [1.82, 2.24) is 9.13 Å². The van der Waals surface area contributed by atoms with Crippen molar-refractivity contribution < 1.29 is 23.8 Å². The first kappa shape index (κ1) is 20.3. The van der Waals surface area contributed by atoms with Crippen LogP contribution in [0.3, 0.4) is 0 Å². The van der Waals surface area contributed by atoms with E-state index in [0.717, 1.165) is 0 Å². The van der Waals surface area contributed by atoms with Gasteiger partial charge in [-0.05, 0) is 25.1 Å². The molecule has 0 aliphatic heterocycles. The maximum atomic E-state index is 14.1. The molecule has 4 aromatic rings. The van der Waals surface area contributed by atoms with Crippen LogP contribution in [0.15, 0.2) is 53.3 Å². The van der Waals surface area contributed by atoms with Gasteiger partial charge in [0, 0.05) is 18.0 Å². The standard InChI is InChI=1S/C23H19FN2O5/c1-3-31-23(30)20-21(28)18-19(25(20)2)15-11-14(24)9-10-16(15)26(22(18)29)12-17(27)13-7-5-4-6-8-13/h4-11,28H,3,12H2,1-2H3. The van der Waals surface area contributed by atoms with Crippen molar-refractivity contribution in [3.05, 3.63) is 76.0 Å². The summed E-state index contributed by atoms with van der Waals surface area (Å²) in [5.74, 6) is -2.26. The number of pyridine rings is 1. The van der Waals surface area contributed by atoms with Gasteiger partial charge in [0.1, 0.15) is 11.2 Å². The fraction of sp³-hybridized carbons (Fsp3) is 0.174. The molecule has 1 N–H and O–H groups in total. The van der Waals surface area contributed by atoms with Crippen molar-refractivity contribution in [2.75, 3.05) is 6.61 Å². The maximum absolute atomic E-state index is 14.1. The minimum Gasteiger partial charge on any atom is -0.505 e. The molecule has 2 aromatic carbocycles. The van der Waals surface area contributed by atoms with Crippen LogP contribution in [-0.2, 0) is 18.3 Å². The number of esters is 1. The number of carbonyl (C=O) groups excluding carboxylic acids is 2. The molecule has 0 spiro atoms. The van der Waals surface area contributed by atoms with Crippen molar-refractivity contribution in [2.24, 2.45) is 7.05 Å². The summed E-state index contributed by atoms with van der Waals surface area (Å²) in [5.41, 5.74) is 0.0191. The zero-order chi connectivity index (χ0) is 22.3. The van der Waals surface area contributed by atoms with E-state index in [2.05, 4.69) is 0 Å². The number of benzene rings is 2. The quantitative estimate of drug-likeness (QED) is 0.393. The molecule has 0 radical (unpaired) electrons. The predicted octanol–water partition coefficient (Wildman–Crippen LogP) is 3.40. The fourth-order valence-electron chi connectivity index (χ4n) is 3.81. The van der Waals surface area contributed by atoms with Crippen molar-refractivity contribution in [3.8, 4) is 5.75 Å². The molecule has 0 atom stereocenters. The van der Waals surface area contributed by atoms with Crippen LogP contribution in [0.25, 0.3) is 21.8 Å². The van der Waals surface area contributed by atoms with Crippen LogP contribution in [0.1, 0.15) is 27.8 Å². The Hall–Kier alpha value is -3.94. The Morgan fingerprint density at radius 1 is 1.13 bits per heavy atom. The van der Waals surface area contributed by atoms with Crippen molar-refractivity contribution in [2.45, 2.75) is 13.5 Å². The summed E-state index contributed by atoms with van der Waals surface area (Å²) in [6.07, 6.45) is 0. The number of fused-ring (bicyclic) bond motifs is 3. The minimum atomic E-state index is -0.811. The molecule has 2 aromatic heterocycles. The summed E-state index contributed by atoms with van der Waals surface area (Å²) in [6, 6.07) is 12.2. The average molecular weight is 422 g/mol. The third-order valence-electron chi connectivity index (χ3n) is 5.20. The lowest BCUT2D eigenvalue weighted by atomic mass is 10.1. The summed E-state index contributed by atoms with van der Waals surface area (Å²) < 4.78 is 21.6. The SMILES string of the molecule is CCOC(=O)c1c(O)c2c(=O)n(CC(=O)c3ccccc3)c3ccc(F)cc3c2n1C. The Morgan fingerprint density at radius 3 is 2.52 bits per heavy atom. The van der Waals surface area contributed by atoms with Crippen molar-refractivity contribution in [1.29, 1.82) is 0 Å². The number of halogens is 1. The molecule has 158 valence electrons. The van der Waals surface area contributed by atoms with Gasteiger partial charge in [-0.3, -0.25) is 14.2 Å². The Labute approximate surface area is 175 Å². The van der Waals surface area contributed by atoms with Gasteiger partial charge < -0.3 is 14.4 Å². The molecule has 4 rings (SSSR count). The fourth-order valence-corrected chi connectivity index (χ4v) is 3.81. The van der Waals surface area contributed by atoms with Gasteiger partial charge in [0.2, 0.25) is 0 Å². The maximum Gasteiger partial charge on any atom is 0.358 e. The summed E-state index contributed by atoms with van der Waals surface area (Å²) in [6.45, 7) is 1.37. The largest absolute Gasteiger partial charge is 0.505 e. The second-order valence-corrected chi connectivity index (χ2v) is 7.04. The van der Waals surface area contributed by atoms with E-state index >= 15 is 0 Å². The average Bonchev–Trinajstić information content (AvgIpc) is 3.02. The van der Waals surface area contributed by atoms with Crippen LogP contribution in [-0.4, -0.2) is 32.6 Å². The molecule has 7 nitrogen and oxygen atoms in total. The number of carbonyl (C=O) groups is 2. The topological polar surface area (TPSA) is 90.5 Å². The zero-order valence-electron chi connectivity index (χ0n) is 16.9. The molecule has 0 saturated heterocycles. The molecule has 0 amide bonds. The van der Waals surface area contributed by atoms with E-state index in [9.17, 15) is 23.9 Å². The molecule has 31 heavy (non-hydrogen) atoms. The van der Waals surface area contributed by atoms with Gasteiger partial charge in [-0.1, -0.05) is 30.3 Å². The normalized spacial score (nSPS) is 11.2. The van der Waals surface area contributed by atoms with Gasteiger partial charge in [-0.25, -0.2) is 9.18 Å². The van der Waals surface area contributed by atoms with Crippen LogP contribution in [0.5, 0.6) is 5.75 Å². The van der Waals surface area contributed by atoms with E-state index in [4.69, 9.17) is 4.74 Å². The van der Waals surface area contributed by atoms with Crippen LogP contribution in [0.4, 0.5) is 4.39 Å². The van der Waals surface area contributed by atoms with Gasteiger partial charge in [-0.15, -0.1) is 0 Å². The number of aromatic hydroxyl groups is 1. The highest BCUT2D eigenvalue weighted by Gasteiger charge is 2.27. The predicted molar refractivity (Wildman–Crippen MR) is 113 cm³/mol. The number of nitrogens with zero attached hydrogens (tertiary/aromatic N) is 2. The minimum absolute atomic E-state index is 0.0744. The number of ketones is 1. The van der Waals surface area contributed by atoms with Gasteiger partial charge in [0.15, 0.2) is 17.2 Å². The second kappa shape index (κ2) is 7.71. The van der Waals surface area contributed by atoms with Gasteiger partial charge in [0.05, 0.1) is 24.2 Å². The molecular weight excluding hydrogens is 403 g/mol. The van der Waals surface area contributed by atoms with Crippen LogP contribution in [0, 0.1) is 5.82 Å². The number of ether oxygens (including phenoxy) is 1. The highest BCUT2D eigenvalue weighted by Crippen LogP contribution is 2.34. The number of hydrogen-bond donors (Lipinski definition) is 1. The smallest absolute Gasteiger partial charge is 0.358 e. The Morgan fingerprint density at radius 2 is 1.84 bits per heavy atom. The molecule has 2 heterocycles. The van der Waals surface area contributed by atoms with Crippen LogP contribution in [0.2, 0.25) is 0 Å². The van der Waals surface area contributed by atoms with E-state index in [1.807, 2.05) is 0 Å². The lowest BCUT2D eigenvalue weighted by Crippen LogP contribution is -2.25. The summed E-state index contributed by atoms with van der Waals surface area (Å²) in [5, 5.41) is 10.8. The molecule has 0 bridgehead atoms. The first-order valence-electron chi connectivity index (χ1n) is 9.64. The van der Waals surface area contributed by atoms with Gasteiger partial charge in [0.25, 0.3) is 5.56 Å². The van der Waals surface area contributed by atoms with E-state index in [0.29, 0.717) is 11.1 Å². The number of hydrogen-bond acceptors (Lipinski definition) is 5. The Bertz CT molecular complexity index is 1400. The lowest BCUT2D eigenvalue weighted by molar-refractivity contribution is 0.0512. The summed E-state index contributed by atoms with van der Waals surface area (Å²) in [7, 11) is 1.48. The molecular formula is C23H19FN2O5. The lowest BCUT2D eigenvalue weighted by Gasteiger charge is -2.12. The highest BCUT2D eigenvalue weighted by molar-refractivity contribution is 6.11. The number of aromatic nitrogens is 2. The van der Waals surface area contributed by atoms with Crippen LogP contribution < -0.4 is 5.56 Å². The van der Waals surface area contributed by atoms with Crippen molar-refractivity contribution >= 4 is 33.6 Å². The molecule has 0 unspecified atom stereocenters. The third kappa shape index (κ3) is 3.26. The Balaban J connectivity index is 2.04. The van der Waals surface area contributed by atoms with Crippen LogP contribution >= 0.6 is 0 Å². The zero-order valence-corrected chi connectivity index (χ0v) is 16.9. The van der Waals surface area contributed by atoms with Gasteiger partial charge in [-0.2, -0.15) is 0 Å². The third-order valence-corrected chi connectivity index (χ3v) is 5.20. The molecule has 0 fully saturated rings. The molecule has 0 aliphatic carbocycles. The molecule has 0 saturated carbocycles. The summed E-state index contributed by atoms with van der Waals surface area (Å²) >= 11 is 0. The van der Waals surface area contributed by atoms with Crippen molar-refractivity contribution in [3.63, 3.8) is 0 Å². The number of rotatable bonds is 5. The molecule has 0 aliphatic rings. The number of aryl methyl sites for hydroxylation is 1. The van der Waals surface area contributed by atoms with E-state index in [1.54, 1.807) is 37.3 Å². The number of Topliss-reactive ketones (excluding diaryl/α,β-unsaturated/α-hetero) is 1. The Kier molecular flexibility index (Phi) is 5.06. The monoisotopic (exact) mass is 422 g/mol.